The fourth-order valence-electron chi connectivity index (χ4n) is 2.60. The topological polar surface area (TPSA) is 85.3 Å². The van der Waals surface area contributed by atoms with Gasteiger partial charge < -0.3 is 13.9 Å². The van der Waals surface area contributed by atoms with Crippen molar-refractivity contribution in [1.29, 1.82) is 0 Å². The van der Waals surface area contributed by atoms with Crippen molar-refractivity contribution in [3.8, 4) is 0 Å². The minimum Gasteiger partial charge on any atom is -0.360 e. The number of amides is 1. The van der Waals surface area contributed by atoms with Crippen molar-refractivity contribution < 1.29 is 13.8 Å². The molecule has 7 nitrogen and oxygen atoms in total. The van der Waals surface area contributed by atoms with Gasteiger partial charge >= 0.3 is 0 Å². The van der Waals surface area contributed by atoms with E-state index >= 15 is 0 Å². The van der Waals surface area contributed by atoms with Gasteiger partial charge in [-0.1, -0.05) is 17.2 Å². The number of nitrogens with zero attached hydrogens (tertiary/aromatic N) is 4. The van der Waals surface area contributed by atoms with Crippen molar-refractivity contribution in [3.63, 3.8) is 0 Å². The lowest BCUT2D eigenvalue weighted by atomic mass is 10.0. The molecule has 0 radical (unpaired) electrons. The fourth-order valence-corrected chi connectivity index (χ4v) is 3.14. The van der Waals surface area contributed by atoms with E-state index < -0.39 is 0 Å². The van der Waals surface area contributed by atoms with E-state index in [2.05, 4.69) is 22.2 Å². The average Bonchev–Trinajstić information content (AvgIpc) is 3.24. The van der Waals surface area contributed by atoms with Crippen molar-refractivity contribution in [2.75, 3.05) is 12.3 Å². The standard InChI is InChI=1S/C14H18N4O3S/c1-2-22-8-10-7-11(16-21-10)14(19)18-6-4-3-5-12(18)13-15-9-20-17-13/h7,9,12H,2-6,8H2,1H3/t12-/m1/s1. The van der Waals surface area contributed by atoms with Gasteiger partial charge in [0.1, 0.15) is 5.76 Å². The fraction of sp³-hybridized carbons (Fsp3) is 0.571. The molecule has 0 aliphatic carbocycles. The molecule has 1 aliphatic rings. The summed E-state index contributed by atoms with van der Waals surface area (Å²) in [7, 11) is 0. The zero-order valence-electron chi connectivity index (χ0n) is 12.4. The first kappa shape index (κ1) is 15.1. The summed E-state index contributed by atoms with van der Waals surface area (Å²) in [6, 6.07) is 1.58. The minimum absolute atomic E-state index is 0.133. The molecule has 2 aromatic heterocycles. The predicted octanol–water partition coefficient (Wildman–Crippen LogP) is 2.68. The highest BCUT2D eigenvalue weighted by molar-refractivity contribution is 7.98. The van der Waals surface area contributed by atoms with E-state index in [9.17, 15) is 4.79 Å². The Hall–Kier alpha value is -1.83. The normalized spacial score (nSPS) is 18.6. The van der Waals surface area contributed by atoms with Gasteiger partial charge in [-0.05, 0) is 25.0 Å². The van der Waals surface area contributed by atoms with Gasteiger partial charge in [0.15, 0.2) is 11.5 Å². The first-order valence-corrected chi connectivity index (χ1v) is 8.55. The lowest BCUT2D eigenvalue weighted by Crippen LogP contribution is -2.39. The predicted molar refractivity (Wildman–Crippen MR) is 80.3 cm³/mol. The molecule has 1 saturated heterocycles. The van der Waals surface area contributed by atoms with Gasteiger partial charge in [0.05, 0.1) is 11.8 Å². The van der Waals surface area contributed by atoms with Crippen LogP contribution in [0.1, 0.15) is 54.3 Å². The monoisotopic (exact) mass is 322 g/mol. The Kier molecular flexibility index (Phi) is 4.77. The first-order chi connectivity index (χ1) is 10.8. The molecule has 3 rings (SSSR count). The molecular weight excluding hydrogens is 304 g/mol. The summed E-state index contributed by atoms with van der Waals surface area (Å²) >= 11 is 1.73. The summed E-state index contributed by atoms with van der Waals surface area (Å²) in [4.78, 5) is 18.6. The molecule has 0 N–H and O–H groups in total. The SMILES string of the molecule is CCSCc1cc(C(=O)N2CCCC[C@@H]2c2ncon2)no1. The van der Waals surface area contributed by atoms with Gasteiger partial charge in [-0.2, -0.15) is 16.7 Å². The summed E-state index contributed by atoms with van der Waals surface area (Å²) in [5.41, 5.74) is 0.349. The third-order valence-corrected chi connectivity index (χ3v) is 4.56. The highest BCUT2D eigenvalue weighted by Crippen LogP contribution is 2.30. The quantitative estimate of drug-likeness (QED) is 0.836. The van der Waals surface area contributed by atoms with Crippen LogP contribution in [0.4, 0.5) is 0 Å². The molecular formula is C14H18N4O3S. The van der Waals surface area contributed by atoms with Crippen molar-refractivity contribution >= 4 is 17.7 Å². The molecule has 1 atom stereocenters. The number of aromatic nitrogens is 3. The lowest BCUT2D eigenvalue weighted by molar-refractivity contribution is 0.0586. The first-order valence-electron chi connectivity index (χ1n) is 7.40. The minimum atomic E-state index is -0.148. The van der Waals surface area contributed by atoms with Gasteiger partial charge in [0.25, 0.3) is 5.91 Å². The Labute approximate surface area is 132 Å². The summed E-state index contributed by atoms with van der Waals surface area (Å²) in [5, 5.41) is 7.80. The zero-order chi connectivity index (χ0) is 15.4. The number of hydrogen-bond donors (Lipinski definition) is 0. The van der Waals surface area contributed by atoms with Crippen molar-refractivity contribution in [2.45, 2.75) is 38.0 Å². The highest BCUT2D eigenvalue weighted by atomic mass is 32.2. The Morgan fingerprint density at radius 2 is 2.36 bits per heavy atom. The second-order valence-electron chi connectivity index (χ2n) is 5.12. The molecule has 0 saturated carbocycles. The van der Waals surface area contributed by atoms with E-state index in [1.165, 1.54) is 6.39 Å². The Morgan fingerprint density at radius 1 is 1.45 bits per heavy atom. The van der Waals surface area contributed by atoms with Crippen molar-refractivity contribution in [3.05, 3.63) is 29.7 Å². The molecule has 1 amide bonds. The molecule has 2 aromatic rings. The molecule has 1 aliphatic heterocycles. The smallest absolute Gasteiger partial charge is 0.276 e. The van der Waals surface area contributed by atoms with Crippen LogP contribution in [0.2, 0.25) is 0 Å². The molecule has 0 bridgehead atoms. The van der Waals surface area contributed by atoms with Crippen LogP contribution in [-0.4, -0.2) is 38.4 Å². The van der Waals surface area contributed by atoms with Gasteiger partial charge in [-0.3, -0.25) is 4.79 Å². The molecule has 1 fully saturated rings. The van der Waals surface area contributed by atoms with Gasteiger partial charge in [-0.25, -0.2) is 0 Å². The maximum atomic E-state index is 12.7. The second-order valence-corrected chi connectivity index (χ2v) is 6.39. The Bertz CT molecular complexity index is 613. The number of carbonyl (C=O) groups is 1. The number of rotatable bonds is 5. The molecule has 118 valence electrons. The van der Waals surface area contributed by atoms with Crippen molar-refractivity contribution in [2.24, 2.45) is 0 Å². The van der Waals surface area contributed by atoms with Crippen molar-refractivity contribution in [1.82, 2.24) is 20.2 Å². The molecule has 0 unspecified atom stereocenters. The molecule has 8 heteroatoms. The van der Waals surface area contributed by atoms with E-state index in [1.54, 1.807) is 22.7 Å². The highest BCUT2D eigenvalue weighted by Gasteiger charge is 2.32. The van der Waals surface area contributed by atoms with Gasteiger partial charge in [0.2, 0.25) is 6.39 Å². The number of thioether (sulfide) groups is 1. The summed E-state index contributed by atoms with van der Waals surface area (Å²) in [6.07, 6.45) is 4.14. The van der Waals surface area contributed by atoms with Crippen LogP contribution in [0, 0.1) is 0 Å². The van der Waals surface area contributed by atoms with Crippen LogP contribution in [0.15, 0.2) is 21.5 Å². The summed E-state index contributed by atoms with van der Waals surface area (Å²) in [5.74, 6) is 2.87. The third kappa shape index (κ3) is 3.16. The number of hydrogen-bond acceptors (Lipinski definition) is 7. The summed E-state index contributed by atoms with van der Waals surface area (Å²) in [6.45, 7) is 2.75. The van der Waals surface area contributed by atoms with Gasteiger partial charge in [-0.15, -0.1) is 0 Å². The van der Waals surface area contributed by atoms with Crippen LogP contribution in [0.25, 0.3) is 0 Å². The lowest BCUT2D eigenvalue weighted by Gasteiger charge is -2.33. The average molecular weight is 322 g/mol. The number of piperidine rings is 1. The molecule has 3 heterocycles. The van der Waals surface area contributed by atoms with Gasteiger partial charge in [0, 0.05) is 12.6 Å². The van der Waals surface area contributed by atoms with E-state index in [1.807, 2.05) is 0 Å². The Morgan fingerprint density at radius 3 is 3.14 bits per heavy atom. The van der Waals surface area contributed by atoms with Crippen LogP contribution < -0.4 is 0 Å². The zero-order valence-corrected chi connectivity index (χ0v) is 13.2. The largest absolute Gasteiger partial charge is 0.360 e. The third-order valence-electron chi connectivity index (χ3n) is 3.67. The van der Waals surface area contributed by atoms with E-state index in [0.29, 0.717) is 18.1 Å². The van der Waals surface area contributed by atoms with E-state index in [-0.39, 0.29) is 11.9 Å². The molecule has 0 spiro atoms. The van der Waals surface area contributed by atoms with Crippen LogP contribution in [0.3, 0.4) is 0 Å². The van der Waals surface area contributed by atoms with E-state index in [4.69, 9.17) is 9.05 Å². The second kappa shape index (κ2) is 6.95. The van der Waals surface area contributed by atoms with Crippen LogP contribution in [-0.2, 0) is 5.75 Å². The van der Waals surface area contributed by atoms with Crippen LogP contribution >= 0.6 is 11.8 Å². The maximum absolute atomic E-state index is 12.7. The number of carbonyl (C=O) groups excluding carboxylic acids is 1. The molecule has 0 aromatic carbocycles. The van der Waals surface area contributed by atoms with Crippen LogP contribution in [0.5, 0.6) is 0 Å². The number of likely N-dealkylation sites (tertiary alicyclic amines) is 1. The van der Waals surface area contributed by atoms with E-state index in [0.717, 1.165) is 36.5 Å². The Balaban J connectivity index is 1.75. The maximum Gasteiger partial charge on any atom is 0.276 e. The summed E-state index contributed by atoms with van der Waals surface area (Å²) < 4.78 is 10.1. The molecule has 22 heavy (non-hydrogen) atoms.